The Bertz CT molecular complexity index is 536. The number of carbonyl (C=O) groups excluding carboxylic acids is 1. The smallest absolute Gasteiger partial charge is 0.790 e. The van der Waals surface area contributed by atoms with Gasteiger partial charge < -0.3 is 28.9 Å². The second-order valence-corrected chi connectivity index (χ2v) is 4.76. The van der Waals surface area contributed by atoms with Crippen molar-refractivity contribution in [1.29, 1.82) is 0 Å². The molecule has 23 heavy (non-hydrogen) atoms. The number of ether oxygens (including phenoxy) is 1. The Kier molecular flexibility index (Phi) is 12.4. The zero-order chi connectivity index (χ0) is 16.1. The van der Waals surface area contributed by atoms with Crippen molar-refractivity contribution in [3.05, 3.63) is 29.8 Å². The van der Waals surface area contributed by atoms with E-state index < -0.39 is 32.4 Å². The van der Waals surface area contributed by atoms with Gasteiger partial charge in [-0.05, 0) is 24.3 Å². The number of phosphoric ester groups is 1. The Labute approximate surface area is 173 Å². The van der Waals surface area contributed by atoms with Crippen LogP contribution in [0.25, 0.3) is 0 Å². The van der Waals surface area contributed by atoms with E-state index in [-0.39, 0.29) is 71.2 Å². The number of amides is 1. The van der Waals surface area contributed by atoms with Gasteiger partial charge in [0.1, 0.15) is 5.75 Å². The Balaban J connectivity index is 0. The Hall–Kier alpha value is 0.390. The number of hydrogen-bond acceptors (Lipinski definition) is 6. The molecular weight excluding hydrogens is 364 g/mol. The van der Waals surface area contributed by atoms with Crippen molar-refractivity contribution >= 4 is 13.7 Å². The molecule has 1 aromatic rings. The molecule has 118 valence electrons. The number of rotatable bonds is 6. The number of nitrogens with one attached hydrogen (secondary N) is 1. The average molecular weight is 373 g/mol. The molecule has 0 aromatic heterocycles. The topological polar surface area (TPSA) is 111 Å². The van der Waals surface area contributed by atoms with Crippen molar-refractivity contribution in [2.24, 2.45) is 0 Å². The van der Waals surface area contributed by atoms with Crippen LogP contribution in [0.2, 0.25) is 0 Å². The molecule has 0 aliphatic rings. The fourth-order valence-electron chi connectivity index (χ4n) is 1.23. The van der Waals surface area contributed by atoms with Gasteiger partial charge in [-0.15, -0.1) is 13.2 Å². The van der Waals surface area contributed by atoms with Crippen LogP contribution in [0.1, 0.15) is 10.4 Å². The number of phosphoric acid groups is 1. The van der Waals surface area contributed by atoms with E-state index in [2.05, 4.69) is 14.6 Å². The molecule has 0 aliphatic heterocycles. The Morgan fingerprint density at radius 3 is 2.13 bits per heavy atom. The van der Waals surface area contributed by atoms with Gasteiger partial charge >= 0.3 is 65.5 Å². The maximum Gasteiger partial charge on any atom is 1.00 e. The second kappa shape index (κ2) is 11.1. The number of alkyl halides is 3. The van der Waals surface area contributed by atoms with Gasteiger partial charge in [0.25, 0.3) is 5.91 Å². The quantitative estimate of drug-likeness (QED) is 0.302. The van der Waals surface area contributed by atoms with E-state index in [1.807, 2.05) is 0 Å². The van der Waals surface area contributed by atoms with Crippen LogP contribution in [0.3, 0.4) is 0 Å². The molecule has 0 saturated heterocycles. The molecule has 1 aromatic carbocycles. The molecule has 0 unspecified atom stereocenters. The summed E-state index contributed by atoms with van der Waals surface area (Å²) in [5, 5.41) is 2.21. The second-order valence-electron chi connectivity index (χ2n) is 3.61. The third-order valence-electron chi connectivity index (χ3n) is 1.99. The minimum absolute atomic E-state index is 0. The first-order valence-electron chi connectivity index (χ1n) is 5.37. The van der Waals surface area contributed by atoms with E-state index in [4.69, 9.17) is 0 Å². The van der Waals surface area contributed by atoms with Crippen LogP contribution in [0, 0.1) is 0 Å². The molecule has 7 nitrogen and oxygen atoms in total. The van der Waals surface area contributed by atoms with Gasteiger partial charge in [-0.2, -0.15) is 0 Å². The molecule has 0 spiro atoms. The first kappa shape index (κ1) is 25.6. The van der Waals surface area contributed by atoms with Gasteiger partial charge in [-0.1, -0.05) is 0 Å². The summed E-state index contributed by atoms with van der Waals surface area (Å²) in [6.07, 6.45) is -4.83. The molecular formula is C10H9F3NNa2O6P. The number of halogens is 3. The van der Waals surface area contributed by atoms with Crippen LogP contribution in [-0.2, 0) is 9.09 Å². The predicted molar refractivity (Wildman–Crippen MR) is 59.0 cm³/mol. The van der Waals surface area contributed by atoms with Crippen molar-refractivity contribution in [2.45, 2.75) is 6.36 Å². The molecule has 0 radical (unpaired) electrons. The third kappa shape index (κ3) is 12.4. The summed E-state index contributed by atoms with van der Waals surface area (Å²) in [5.41, 5.74) is 0.0250. The SMILES string of the molecule is O=C(NCCOP(=O)([O-])[O-])c1ccc(OC(F)(F)F)cc1.[Na+].[Na+]. The number of benzene rings is 1. The van der Waals surface area contributed by atoms with E-state index in [9.17, 15) is 32.3 Å². The maximum atomic E-state index is 11.9. The molecule has 0 atom stereocenters. The summed E-state index contributed by atoms with van der Waals surface area (Å²) in [7, 11) is -5.10. The zero-order valence-electron chi connectivity index (χ0n) is 12.3. The monoisotopic (exact) mass is 373 g/mol. The minimum atomic E-state index is -5.10. The molecule has 1 rings (SSSR count). The predicted octanol–water partition coefficient (Wildman–Crippen LogP) is -5.83. The summed E-state index contributed by atoms with van der Waals surface area (Å²) in [6.45, 7) is -0.792. The minimum Gasteiger partial charge on any atom is -0.790 e. The van der Waals surface area contributed by atoms with Gasteiger partial charge in [0.05, 0.1) is 14.4 Å². The fourth-order valence-corrected chi connectivity index (χ4v) is 1.55. The molecule has 1 amide bonds. The van der Waals surface area contributed by atoms with Crippen LogP contribution in [0.5, 0.6) is 5.75 Å². The number of hydrogen-bond donors (Lipinski definition) is 1. The van der Waals surface area contributed by atoms with Crippen LogP contribution in [0.4, 0.5) is 13.2 Å². The van der Waals surface area contributed by atoms with Crippen LogP contribution in [0.15, 0.2) is 24.3 Å². The van der Waals surface area contributed by atoms with Crippen LogP contribution >= 0.6 is 7.82 Å². The summed E-state index contributed by atoms with van der Waals surface area (Å²) in [6, 6.07) is 4.07. The van der Waals surface area contributed by atoms with Gasteiger partial charge in [0.2, 0.25) is 0 Å². The average Bonchev–Trinajstić information content (AvgIpc) is 2.32. The Morgan fingerprint density at radius 2 is 1.70 bits per heavy atom. The van der Waals surface area contributed by atoms with Crippen molar-refractivity contribution < 1.29 is 101 Å². The van der Waals surface area contributed by atoms with E-state index >= 15 is 0 Å². The summed E-state index contributed by atoms with van der Waals surface area (Å²) in [4.78, 5) is 31.8. The van der Waals surface area contributed by atoms with Crippen LogP contribution < -0.4 is 79.0 Å². The molecule has 0 heterocycles. The summed E-state index contributed by atoms with van der Waals surface area (Å²) >= 11 is 0. The molecule has 0 saturated carbocycles. The van der Waals surface area contributed by atoms with Crippen molar-refractivity contribution in [2.75, 3.05) is 13.2 Å². The molecule has 0 bridgehead atoms. The normalized spacial score (nSPS) is 11.0. The van der Waals surface area contributed by atoms with E-state index in [0.717, 1.165) is 24.3 Å². The molecule has 1 N–H and O–H groups in total. The molecule has 0 fully saturated rings. The van der Waals surface area contributed by atoms with E-state index in [1.165, 1.54) is 0 Å². The van der Waals surface area contributed by atoms with Crippen molar-refractivity contribution in [1.82, 2.24) is 5.32 Å². The molecule has 0 aliphatic carbocycles. The van der Waals surface area contributed by atoms with Gasteiger partial charge in [-0.3, -0.25) is 4.79 Å². The zero-order valence-corrected chi connectivity index (χ0v) is 17.1. The van der Waals surface area contributed by atoms with Crippen molar-refractivity contribution in [3.63, 3.8) is 0 Å². The maximum absolute atomic E-state index is 11.9. The van der Waals surface area contributed by atoms with Gasteiger partial charge in [0, 0.05) is 12.1 Å². The van der Waals surface area contributed by atoms with Gasteiger partial charge in [0.15, 0.2) is 0 Å². The van der Waals surface area contributed by atoms with Crippen molar-refractivity contribution in [3.8, 4) is 5.75 Å². The largest absolute Gasteiger partial charge is 1.00 e. The van der Waals surface area contributed by atoms with E-state index in [1.54, 1.807) is 0 Å². The number of carbonyl (C=O) groups is 1. The molecule has 13 heteroatoms. The fraction of sp³-hybridized carbons (Fsp3) is 0.300. The summed E-state index contributed by atoms with van der Waals surface area (Å²) < 4.78 is 53.4. The van der Waals surface area contributed by atoms with E-state index in [0.29, 0.717) is 0 Å². The van der Waals surface area contributed by atoms with Crippen LogP contribution in [-0.4, -0.2) is 25.4 Å². The standard InChI is InChI=1S/C10H11F3NO6P.2Na/c11-10(12,13)20-8-3-1-7(2-4-8)9(15)14-5-6-19-21(16,17)18;;/h1-4H,5-6H2,(H,14,15)(H2,16,17,18);;/q;2*+1/p-2. The Morgan fingerprint density at radius 1 is 1.17 bits per heavy atom. The van der Waals surface area contributed by atoms with Gasteiger partial charge in [-0.25, -0.2) is 0 Å². The summed E-state index contributed by atoms with van der Waals surface area (Å²) in [5.74, 6) is -1.16. The third-order valence-corrected chi connectivity index (χ3v) is 2.49. The first-order valence-corrected chi connectivity index (χ1v) is 6.83. The first-order chi connectivity index (χ1) is 9.57.